The molecule has 0 saturated heterocycles. The van der Waals surface area contributed by atoms with Crippen molar-refractivity contribution < 1.29 is 14.4 Å². The summed E-state index contributed by atoms with van der Waals surface area (Å²) in [5.74, 6) is 0. The topological polar surface area (TPSA) is 83.6 Å². The van der Waals surface area contributed by atoms with Crippen LogP contribution in [0.25, 0.3) is 0 Å². The van der Waals surface area contributed by atoms with Crippen molar-refractivity contribution in [3.8, 4) is 0 Å². The van der Waals surface area contributed by atoms with E-state index in [2.05, 4.69) is 13.8 Å². The normalized spacial score (nSPS) is 12.8. The highest BCUT2D eigenvalue weighted by molar-refractivity contribution is 7.53. The van der Waals surface area contributed by atoms with Crippen molar-refractivity contribution in [3.05, 3.63) is 0 Å². The van der Waals surface area contributed by atoms with Gasteiger partial charge in [0.2, 0.25) is 0 Å². The van der Waals surface area contributed by atoms with Crippen molar-refractivity contribution >= 4 is 7.60 Å². The fourth-order valence-corrected chi connectivity index (χ4v) is 3.74. The van der Waals surface area contributed by atoms with Gasteiger partial charge >= 0.3 is 7.60 Å². The van der Waals surface area contributed by atoms with E-state index in [4.69, 9.17) is 5.73 Å². The van der Waals surface area contributed by atoms with Crippen LogP contribution in [-0.2, 0) is 4.57 Å². The highest BCUT2D eigenvalue weighted by atomic mass is 31.2. The Hall–Kier alpha value is 0.110. The summed E-state index contributed by atoms with van der Waals surface area (Å²) in [5.41, 5.74) is 6.09. The zero-order valence-electron chi connectivity index (χ0n) is 14.7. The smallest absolute Gasteiger partial charge is 0.323 e. The standard InChI is InChI=1S/C17H38NO3P/c1-3-5-7-9-11-13-15-17(18,22(19,20)21)16-14-12-10-8-6-4-2/h3-16,18H2,1-2H3,(H2,19,20,21). The molecule has 134 valence electrons. The van der Waals surface area contributed by atoms with Gasteiger partial charge in [0.25, 0.3) is 0 Å². The lowest BCUT2D eigenvalue weighted by atomic mass is 10.00. The maximum absolute atomic E-state index is 11.8. The van der Waals surface area contributed by atoms with Crippen LogP contribution in [0.2, 0.25) is 0 Å². The quantitative estimate of drug-likeness (QED) is 0.279. The lowest BCUT2D eigenvalue weighted by Crippen LogP contribution is -2.39. The second-order valence-corrected chi connectivity index (χ2v) is 8.66. The van der Waals surface area contributed by atoms with Crippen molar-refractivity contribution in [2.75, 3.05) is 0 Å². The summed E-state index contributed by atoms with van der Waals surface area (Å²) in [6.07, 6.45) is 14.2. The van der Waals surface area contributed by atoms with Crippen molar-refractivity contribution in [2.24, 2.45) is 5.73 Å². The molecule has 5 heteroatoms. The summed E-state index contributed by atoms with van der Waals surface area (Å²) in [4.78, 5) is 19.2. The first-order valence-electron chi connectivity index (χ1n) is 9.22. The molecule has 0 radical (unpaired) electrons. The molecular weight excluding hydrogens is 297 g/mol. The van der Waals surface area contributed by atoms with Crippen LogP contribution in [0.15, 0.2) is 0 Å². The molecule has 0 aromatic heterocycles. The Kier molecular flexibility index (Phi) is 12.6. The van der Waals surface area contributed by atoms with Crippen LogP contribution >= 0.6 is 7.60 Å². The largest absolute Gasteiger partial charge is 0.345 e. The molecule has 0 atom stereocenters. The van der Waals surface area contributed by atoms with Crippen molar-refractivity contribution in [3.63, 3.8) is 0 Å². The molecule has 0 fully saturated rings. The van der Waals surface area contributed by atoms with Gasteiger partial charge in [-0.2, -0.15) is 0 Å². The molecule has 0 saturated carbocycles. The van der Waals surface area contributed by atoms with Gasteiger partial charge in [0.05, 0.1) is 0 Å². The molecule has 0 heterocycles. The molecule has 4 nitrogen and oxygen atoms in total. The number of hydrogen-bond acceptors (Lipinski definition) is 2. The first-order valence-corrected chi connectivity index (χ1v) is 10.8. The van der Waals surface area contributed by atoms with Crippen LogP contribution in [0, 0.1) is 0 Å². The molecule has 0 aliphatic rings. The van der Waals surface area contributed by atoms with E-state index in [9.17, 15) is 14.4 Å². The summed E-state index contributed by atoms with van der Waals surface area (Å²) < 4.78 is 11.8. The average Bonchev–Trinajstić information content (AvgIpc) is 2.45. The molecule has 0 spiro atoms. The van der Waals surface area contributed by atoms with E-state index in [1.807, 2.05) is 0 Å². The van der Waals surface area contributed by atoms with Gasteiger partial charge in [-0.3, -0.25) is 4.57 Å². The molecule has 0 aromatic rings. The van der Waals surface area contributed by atoms with Gasteiger partial charge in [0.1, 0.15) is 5.28 Å². The molecule has 0 rings (SSSR count). The Morgan fingerprint density at radius 1 is 0.727 bits per heavy atom. The summed E-state index contributed by atoms with van der Waals surface area (Å²) >= 11 is 0. The number of unbranched alkanes of at least 4 members (excludes halogenated alkanes) is 10. The van der Waals surface area contributed by atoms with Gasteiger partial charge in [-0.25, -0.2) is 0 Å². The van der Waals surface area contributed by atoms with Crippen molar-refractivity contribution in [1.82, 2.24) is 0 Å². The molecule has 0 unspecified atom stereocenters. The number of rotatable bonds is 15. The zero-order valence-corrected chi connectivity index (χ0v) is 15.6. The second-order valence-electron chi connectivity index (χ2n) is 6.68. The second kappa shape index (κ2) is 12.5. The summed E-state index contributed by atoms with van der Waals surface area (Å²) in [7, 11) is -4.23. The van der Waals surface area contributed by atoms with E-state index < -0.39 is 12.9 Å². The first-order chi connectivity index (χ1) is 10.4. The maximum atomic E-state index is 11.8. The van der Waals surface area contributed by atoms with Gasteiger partial charge < -0.3 is 15.5 Å². The predicted octanol–water partition coefficient (Wildman–Crippen LogP) is 5.32. The molecular formula is C17H38NO3P. The molecule has 0 aliphatic carbocycles. The Bertz CT molecular complexity index is 288. The summed E-state index contributed by atoms with van der Waals surface area (Å²) in [5, 5.41) is -1.30. The highest BCUT2D eigenvalue weighted by Gasteiger charge is 2.41. The monoisotopic (exact) mass is 335 g/mol. The first kappa shape index (κ1) is 22.1. The Morgan fingerprint density at radius 3 is 1.36 bits per heavy atom. The van der Waals surface area contributed by atoms with Gasteiger partial charge in [-0.15, -0.1) is 0 Å². The molecule has 0 amide bonds. The van der Waals surface area contributed by atoms with Gasteiger partial charge in [-0.1, -0.05) is 90.9 Å². The van der Waals surface area contributed by atoms with E-state index in [1.165, 1.54) is 38.5 Å². The number of nitrogens with two attached hydrogens (primary N) is 1. The van der Waals surface area contributed by atoms with Gasteiger partial charge in [0, 0.05) is 0 Å². The van der Waals surface area contributed by atoms with E-state index in [-0.39, 0.29) is 0 Å². The fraction of sp³-hybridized carbons (Fsp3) is 1.00. The van der Waals surface area contributed by atoms with E-state index in [0.29, 0.717) is 12.8 Å². The molecule has 0 bridgehead atoms. The highest BCUT2D eigenvalue weighted by Crippen LogP contribution is 2.52. The Labute approximate surface area is 137 Å². The van der Waals surface area contributed by atoms with Crippen molar-refractivity contribution in [1.29, 1.82) is 0 Å². The maximum Gasteiger partial charge on any atom is 0.345 e. The van der Waals surface area contributed by atoms with Crippen LogP contribution < -0.4 is 5.73 Å². The van der Waals surface area contributed by atoms with Crippen LogP contribution in [0.1, 0.15) is 104 Å². The van der Waals surface area contributed by atoms with Crippen LogP contribution in [-0.4, -0.2) is 15.1 Å². The third kappa shape index (κ3) is 9.99. The lowest BCUT2D eigenvalue weighted by Gasteiger charge is -2.30. The summed E-state index contributed by atoms with van der Waals surface area (Å²) in [6.45, 7) is 4.36. The van der Waals surface area contributed by atoms with Crippen molar-refractivity contribution in [2.45, 2.75) is 109 Å². The fourth-order valence-electron chi connectivity index (χ4n) is 2.84. The number of hydrogen-bond donors (Lipinski definition) is 3. The summed E-state index contributed by atoms with van der Waals surface area (Å²) in [6, 6.07) is 0. The zero-order chi connectivity index (χ0) is 16.9. The Morgan fingerprint density at radius 2 is 1.05 bits per heavy atom. The average molecular weight is 335 g/mol. The van der Waals surface area contributed by atoms with Gasteiger partial charge in [-0.05, 0) is 12.8 Å². The van der Waals surface area contributed by atoms with Crippen LogP contribution in [0.5, 0.6) is 0 Å². The molecule has 4 N–H and O–H groups in total. The minimum absolute atomic E-state index is 0.443. The van der Waals surface area contributed by atoms with E-state index in [1.54, 1.807) is 0 Å². The predicted molar refractivity (Wildman–Crippen MR) is 94.9 cm³/mol. The SMILES string of the molecule is CCCCCCCCC(N)(CCCCCCCC)P(=O)(O)O. The van der Waals surface area contributed by atoms with Crippen LogP contribution in [0.4, 0.5) is 0 Å². The molecule has 22 heavy (non-hydrogen) atoms. The van der Waals surface area contributed by atoms with Gasteiger partial charge in [0.15, 0.2) is 0 Å². The van der Waals surface area contributed by atoms with E-state index >= 15 is 0 Å². The third-order valence-corrected chi connectivity index (χ3v) is 6.11. The third-order valence-electron chi connectivity index (χ3n) is 4.51. The molecule has 0 aromatic carbocycles. The van der Waals surface area contributed by atoms with E-state index in [0.717, 1.165) is 38.5 Å². The molecule has 0 aliphatic heterocycles. The minimum atomic E-state index is -4.23. The lowest BCUT2D eigenvalue weighted by molar-refractivity contribution is 0.299. The Balaban J connectivity index is 4.06. The minimum Gasteiger partial charge on any atom is -0.323 e. The van der Waals surface area contributed by atoms with Crippen LogP contribution in [0.3, 0.4) is 0 Å².